The second-order valence-electron chi connectivity index (χ2n) is 5.38. The lowest BCUT2D eigenvalue weighted by molar-refractivity contribution is 0.285. The molecule has 1 heterocycles. The number of halogens is 1. The first kappa shape index (κ1) is 13.5. The fourth-order valence-corrected chi connectivity index (χ4v) is 2.93. The number of aromatic amines is 1. The number of hydrogen-bond donors (Lipinski definition) is 1. The number of rotatable bonds is 5. The van der Waals surface area contributed by atoms with Crippen LogP contribution in [-0.2, 0) is 12.8 Å². The van der Waals surface area contributed by atoms with Crippen molar-refractivity contribution in [2.45, 2.75) is 32.1 Å². The summed E-state index contributed by atoms with van der Waals surface area (Å²) in [7, 11) is 0. The van der Waals surface area contributed by atoms with Gasteiger partial charge in [0.1, 0.15) is 5.75 Å². The number of nitrogens with one attached hydrogen (secondary N) is 1. The van der Waals surface area contributed by atoms with E-state index in [9.17, 15) is 0 Å². The minimum absolute atomic E-state index is 0.745. The molecule has 0 saturated carbocycles. The summed E-state index contributed by atoms with van der Waals surface area (Å²) in [6, 6.07) is 7.55. The normalized spacial score (nSPS) is 17.8. The van der Waals surface area contributed by atoms with Crippen molar-refractivity contribution in [1.82, 2.24) is 9.97 Å². The molecule has 3 rings (SSSR count). The summed E-state index contributed by atoms with van der Waals surface area (Å²) >= 11 is 5.84. The number of H-pyrrole nitrogens is 1. The van der Waals surface area contributed by atoms with Crippen LogP contribution in [0.2, 0.25) is 5.02 Å². The van der Waals surface area contributed by atoms with Crippen LogP contribution in [0.15, 0.2) is 30.6 Å². The van der Waals surface area contributed by atoms with Gasteiger partial charge in [-0.2, -0.15) is 0 Å². The molecular formula is C16H19ClN2O. The second kappa shape index (κ2) is 6.31. The Labute approximate surface area is 124 Å². The average molecular weight is 291 g/mol. The first-order valence-corrected chi connectivity index (χ1v) is 7.58. The molecule has 2 aromatic rings. The highest BCUT2D eigenvalue weighted by molar-refractivity contribution is 6.30. The van der Waals surface area contributed by atoms with Crippen molar-refractivity contribution >= 4 is 11.6 Å². The molecule has 0 aliphatic heterocycles. The van der Waals surface area contributed by atoms with Crippen molar-refractivity contribution in [2.75, 3.05) is 6.61 Å². The van der Waals surface area contributed by atoms with Gasteiger partial charge in [0, 0.05) is 10.7 Å². The number of fused-ring (bicyclic) bond motifs is 1. The van der Waals surface area contributed by atoms with Crippen LogP contribution in [0.3, 0.4) is 0 Å². The Hall–Kier alpha value is -1.48. The molecule has 0 saturated heterocycles. The lowest BCUT2D eigenvalue weighted by Crippen LogP contribution is -2.15. The molecule has 1 N–H and O–H groups in total. The van der Waals surface area contributed by atoms with Gasteiger partial charge in [0.25, 0.3) is 0 Å². The van der Waals surface area contributed by atoms with Crippen LogP contribution in [0, 0.1) is 5.92 Å². The maximum atomic E-state index is 5.84. The third-order valence-electron chi connectivity index (χ3n) is 3.93. The molecule has 1 aliphatic carbocycles. The van der Waals surface area contributed by atoms with Crippen LogP contribution in [-0.4, -0.2) is 16.6 Å². The summed E-state index contributed by atoms with van der Waals surface area (Å²) in [5.74, 6) is 1.65. The van der Waals surface area contributed by atoms with E-state index in [0.717, 1.165) is 42.6 Å². The summed E-state index contributed by atoms with van der Waals surface area (Å²) in [5, 5.41) is 0.745. The predicted octanol–water partition coefficient (Wildman–Crippen LogP) is 4.03. The van der Waals surface area contributed by atoms with Crippen LogP contribution in [0.25, 0.3) is 0 Å². The van der Waals surface area contributed by atoms with Gasteiger partial charge in [-0.25, -0.2) is 4.98 Å². The van der Waals surface area contributed by atoms with Crippen molar-refractivity contribution in [3.8, 4) is 5.75 Å². The Morgan fingerprint density at radius 2 is 2.15 bits per heavy atom. The SMILES string of the molecule is Clc1ccc(OCCCC2CCc3[nH]cnc3C2)cc1. The molecule has 0 spiro atoms. The molecule has 0 fully saturated rings. The summed E-state index contributed by atoms with van der Waals surface area (Å²) in [5.41, 5.74) is 2.60. The van der Waals surface area contributed by atoms with Crippen molar-refractivity contribution < 1.29 is 4.74 Å². The van der Waals surface area contributed by atoms with Crippen LogP contribution < -0.4 is 4.74 Å². The van der Waals surface area contributed by atoms with Crippen LogP contribution in [0.5, 0.6) is 5.75 Å². The molecule has 20 heavy (non-hydrogen) atoms. The highest BCUT2D eigenvalue weighted by Crippen LogP contribution is 2.26. The molecule has 0 radical (unpaired) electrons. The molecule has 3 nitrogen and oxygen atoms in total. The number of aromatic nitrogens is 2. The van der Waals surface area contributed by atoms with E-state index in [1.54, 1.807) is 0 Å². The molecule has 1 aliphatic rings. The van der Waals surface area contributed by atoms with Gasteiger partial charge in [0.15, 0.2) is 0 Å². The number of imidazole rings is 1. The zero-order valence-corrected chi connectivity index (χ0v) is 12.2. The highest BCUT2D eigenvalue weighted by atomic mass is 35.5. The van der Waals surface area contributed by atoms with Crippen molar-refractivity contribution in [3.63, 3.8) is 0 Å². The summed E-state index contributed by atoms with van der Waals surface area (Å²) in [6.45, 7) is 0.769. The van der Waals surface area contributed by atoms with Gasteiger partial charge < -0.3 is 9.72 Å². The van der Waals surface area contributed by atoms with Crippen LogP contribution in [0.4, 0.5) is 0 Å². The van der Waals surface area contributed by atoms with E-state index < -0.39 is 0 Å². The van der Waals surface area contributed by atoms with Gasteiger partial charge in [-0.3, -0.25) is 0 Å². The van der Waals surface area contributed by atoms with E-state index in [1.807, 2.05) is 30.6 Å². The van der Waals surface area contributed by atoms with E-state index in [-0.39, 0.29) is 0 Å². The van der Waals surface area contributed by atoms with Crippen molar-refractivity contribution in [3.05, 3.63) is 47.0 Å². The van der Waals surface area contributed by atoms with Crippen molar-refractivity contribution in [2.24, 2.45) is 5.92 Å². The third kappa shape index (κ3) is 3.34. The molecule has 1 atom stereocenters. The standard InChI is InChI=1S/C16H19ClN2O/c17-13-4-6-14(7-5-13)20-9-1-2-12-3-8-15-16(10-12)19-11-18-15/h4-7,11-12H,1-3,8-10H2,(H,18,19). The largest absolute Gasteiger partial charge is 0.494 e. The Morgan fingerprint density at radius 1 is 1.30 bits per heavy atom. The zero-order chi connectivity index (χ0) is 13.8. The van der Waals surface area contributed by atoms with E-state index >= 15 is 0 Å². The number of ether oxygens (including phenoxy) is 1. The molecule has 1 aromatic carbocycles. The maximum absolute atomic E-state index is 5.84. The predicted molar refractivity (Wildman–Crippen MR) is 80.3 cm³/mol. The van der Waals surface area contributed by atoms with E-state index in [2.05, 4.69) is 9.97 Å². The monoisotopic (exact) mass is 290 g/mol. The first-order valence-electron chi connectivity index (χ1n) is 7.21. The van der Waals surface area contributed by atoms with Gasteiger partial charge >= 0.3 is 0 Å². The Kier molecular flexibility index (Phi) is 4.26. The Bertz CT molecular complexity index is 550. The molecule has 0 amide bonds. The minimum Gasteiger partial charge on any atom is -0.494 e. The summed E-state index contributed by atoms with van der Waals surface area (Å²) in [4.78, 5) is 7.62. The lowest BCUT2D eigenvalue weighted by Gasteiger charge is -2.21. The van der Waals surface area contributed by atoms with Gasteiger partial charge in [-0.05, 0) is 62.3 Å². The summed E-state index contributed by atoms with van der Waals surface area (Å²) in [6.07, 6.45) is 7.62. The second-order valence-corrected chi connectivity index (χ2v) is 5.82. The van der Waals surface area contributed by atoms with Gasteiger partial charge in [-0.1, -0.05) is 11.6 Å². The molecule has 4 heteroatoms. The Balaban J connectivity index is 1.39. The van der Waals surface area contributed by atoms with Crippen LogP contribution >= 0.6 is 11.6 Å². The summed E-state index contributed by atoms with van der Waals surface area (Å²) < 4.78 is 5.73. The topological polar surface area (TPSA) is 37.9 Å². The molecule has 1 unspecified atom stereocenters. The fourth-order valence-electron chi connectivity index (χ4n) is 2.80. The lowest BCUT2D eigenvalue weighted by atomic mass is 9.87. The van der Waals surface area contributed by atoms with E-state index in [0.29, 0.717) is 0 Å². The third-order valence-corrected chi connectivity index (χ3v) is 4.18. The molecule has 1 aromatic heterocycles. The maximum Gasteiger partial charge on any atom is 0.119 e. The van der Waals surface area contributed by atoms with Crippen LogP contribution in [0.1, 0.15) is 30.7 Å². The molecule has 0 bridgehead atoms. The van der Waals surface area contributed by atoms with E-state index in [4.69, 9.17) is 16.3 Å². The van der Waals surface area contributed by atoms with Crippen molar-refractivity contribution in [1.29, 1.82) is 0 Å². The number of nitrogens with zero attached hydrogens (tertiary/aromatic N) is 1. The first-order chi connectivity index (χ1) is 9.81. The smallest absolute Gasteiger partial charge is 0.119 e. The quantitative estimate of drug-likeness (QED) is 0.844. The molecular weight excluding hydrogens is 272 g/mol. The van der Waals surface area contributed by atoms with Gasteiger partial charge in [0.2, 0.25) is 0 Å². The fraction of sp³-hybridized carbons (Fsp3) is 0.438. The zero-order valence-electron chi connectivity index (χ0n) is 11.4. The number of hydrogen-bond acceptors (Lipinski definition) is 2. The molecule has 106 valence electrons. The average Bonchev–Trinajstić information content (AvgIpc) is 2.93. The Morgan fingerprint density at radius 3 is 3.00 bits per heavy atom. The van der Waals surface area contributed by atoms with E-state index in [1.165, 1.54) is 24.2 Å². The van der Waals surface area contributed by atoms with Gasteiger partial charge in [0.05, 0.1) is 18.6 Å². The van der Waals surface area contributed by atoms with Gasteiger partial charge in [-0.15, -0.1) is 0 Å². The highest BCUT2D eigenvalue weighted by Gasteiger charge is 2.19. The number of benzene rings is 1. The number of aryl methyl sites for hydroxylation is 1. The minimum atomic E-state index is 0.745.